The molecule has 0 bridgehead atoms. The number of benzene rings is 1. The molecule has 0 aliphatic carbocycles. The van der Waals surface area contributed by atoms with Crippen LogP contribution in [0.1, 0.15) is 32.1 Å². The van der Waals surface area contributed by atoms with Crippen molar-refractivity contribution in [1.29, 1.82) is 0 Å². The van der Waals surface area contributed by atoms with Crippen LogP contribution in [0, 0.1) is 5.92 Å². The SMILES string of the molecule is O=C(C1CCN(c2ccc(Cl)cc2)C1=O)N1CCCCCC1. The van der Waals surface area contributed by atoms with Gasteiger partial charge in [0.15, 0.2) is 0 Å². The first kappa shape index (κ1) is 15.3. The maximum absolute atomic E-state index is 12.7. The molecule has 1 atom stereocenters. The molecule has 4 nitrogen and oxygen atoms in total. The second-order valence-corrected chi connectivity index (χ2v) is 6.48. The van der Waals surface area contributed by atoms with Gasteiger partial charge in [-0.25, -0.2) is 0 Å². The molecule has 2 heterocycles. The number of hydrogen-bond acceptors (Lipinski definition) is 2. The number of rotatable bonds is 2. The Kier molecular flexibility index (Phi) is 4.67. The normalized spacial score (nSPS) is 22.8. The van der Waals surface area contributed by atoms with Crippen molar-refractivity contribution in [2.75, 3.05) is 24.5 Å². The maximum atomic E-state index is 12.7. The Bertz CT molecular complexity index is 550. The second-order valence-electron chi connectivity index (χ2n) is 6.05. The van der Waals surface area contributed by atoms with Crippen LogP contribution < -0.4 is 4.90 Å². The minimum atomic E-state index is -0.506. The third kappa shape index (κ3) is 3.12. The standard InChI is InChI=1S/C17H21ClN2O2/c18-13-5-7-14(8-6-13)20-12-9-15(17(20)22)16(21)19-10-3-1-2-4-11-19/h5-8,15H,1-4,9-12H2. The Balaban J connectivity index is 1.70. The number of hydrogen-bond donors (Lipinski definition) is 0. The fourth-order valence-electron chi connectivity index (χ4n) is 3.30. The van der Waals surface area contributed by atoms with E-state index in [2.05, 4.69) is 0 Å². The highest BCUT2D eigenvalue weighted by Crippen LogP contribution is 2.28. The van der Waals surface area contributed by atoms with Crippen LogP contribution in [0.3, 0.4) is 0 Å². The van der Waals surface area contributed by atoms with Gasteiger partial charge < -0.3 is 9.80 Å². The third-order valence-electron chi connectivity index (χ3n) is 4.56. The lowest BCUT2D eigenvalue weighted by Crippen LogP contribution is -2.40. The molecule has 22 heavy (non-hydrogen) atoms. The van der Waals surface area contributed by atoms with Crippen LogP contribution in [0.5, 0.6) is 0 Å². The van der Waals surface area contributed by atoms with Gasteiger partial charge in [-0.05, 0) is 43.5 Å². The second kappa shape index (κ2) is 6.69. The quantitative estimate of drug-likeness (QED) is 0.786. The summed E-state index contributed by atoms with van der Waals surface area (Å²) in [4.78, 5) is 28.9. The molecule has 1 aromatic rings. The molecule has 2 aliphatic heterocycles. The highest BCUT2D eigenvalue weighted by Gasteiger charge is 2.39. The fourth-order valence-corrected chi connectivity index (χ4v) is 3.42. The van der Waals surface area contributed by atoms with Crippen LogP contribution in [0.15, 0.2) is 24.3 Å². The largest absolute Gasteiger partial charge is 0.342 e. The molecule has 5 heteroatoms. The summed E-state index contributed by atoms with van der Waals surface area (Å²) in [5.74, 6) is -0.561. The van der Waals surface area contributed by atoms with Gasteiger partial charge in [-0.3, -0.25) is 9.59 Å². The molecule has 0 saturated carbocycles. The van der Waals surface area contributed by atoms with Crippen molar-refractivity contribution in [2.24, 2.45) is 5.92 Å². The number of carbonyl (C=O) groups excluding carboxylic acids is 2. The molecular weight excluding hydrogens is 300 g/mol. The van der Waals surface area contributed by atoms with Crippen molar-refractivity contribution in [2.45, 2.75) is 32.1 Å². The van der Waals surface area contributed by atoms with E-state index in [-0.39, 0.29) is 11.8 Å². The number of anilines is 1. The summed E-state index contributed by atoms with van der Waals surface area (Å²) in [6.07, 6.45) is 5.07. The van der Waals surface area contributed by atoms with Gasteiger partial charge in [0.05, 0.1) is 0 Å². The lowest BCUT2D eigenvalue weighted by atomic mass is 10.1. The van der Waals surface area contributed by atoms with Gasteiger partial charge in [-0.15, -0.1) is 0 Å². The van der Waals surface area contributed by atoms with Crippen LogP contribution in [0.4, 0.5) is 5.69 Å². The molecule has 2 aliphatic rings. The van der Waals surface area contributed by atoms with Crippen LogP contribution in [0.2, 0.25) is 5.02 Å². The smallest absolute Gasteiger partial charge is 0.239 e. The van der Waals surface area contributed by atoms with Gasteiger partial charge in [-0.1, -0.05) is 24.4 Å². The van der Waals surface area contributed by atoms with E-state index in [1.54, 1.807) is 17.0 Å². The van der Waals surface area contributed by atoms with Crippen LogP contribution in [-0.4, -0.2) is 36.3 Å². The highest BCUT2D eigenvalue weighted by atomic mass is 35.5. The summed E-state index contributed by atoms with van der Waals surface area (Å²) in [6, 6.07) is 7.21. The zero-order chi connectivity index (χ0) is 15.5. The predicted molar refractivity (Wildman–Crippen MR) is 87.0 cm³/mol. The monoisotopic (exact) mass is 320 g/mol. The molecule has 1 aromatic carbocycles. The summed E-state index contributed by atoms with van der Waals surface area (Å²) in [5.41, 5.74) is 0.820. The van der Waals surface area contributed by atoms with E-state index in [9.17, 15) is 9.59 Å². The van der Waals surface area contributed by atoms with E-state index >= 15 is 0 Å². The van der Waals surface area contributed by atoms with Crippen LogP contribution >= 0.6 is 11.6 Å². The Hall–Kier alpha value is -1.55. The molecule has 0 radical (unpaired) electrons. The first-order valence-electron chi connectivity index (χ1n) is 8.02. The van der Waals surface area contributed by atoms with Gasteiger partial charge in [0.2, 0.25) is 11.8 Å². The van der Waals surface area contributed by atoms with Crippen molar-refractivity contribution in [3.8, 4) is 0 Å². The van der Waals surface area contributed by atoms with Crippen molar-refractivity contribution in [3.63, 3.8) is 0 Å². The third-order valence-corrected chi connectivity index (χ3v) is 4.81. The molecule has 2 fully saturated rings. The first-order chi connectivity index (χ1) is 10.7. The Morgan fingerprint density at radius 1 is 1.00 bits per heavy atom. The van der Waals surface area contributed by atoms with E-state index in [1.807, 2.05) is 17.0 Å². The zero-order valence-corrected chi connectivity index (χ0v) is 13.4. The van der Waals surface area contributed by atoms with E-state index in [0.717, 1.165) is 31.6 Å². The number of nitrogens with zero attached hydrogens (tertiary/aromatic N) is 2. The Morgan fingerprint density at radius 2 is 1.64 bits per heavy atom. The molecule has 2 saturated heterocycles. The molecule has 0 aromatic heterocycles. The van der Waals surface area contributed by atoms with Crippen molar-refractivity contribution in [1.82, 2.24) is 4.90 Å². The van der Waals surface area contributed by atoms with E-state index in [0.29, 0.717) is 18.0 Å². The molecule has 0 N–H and O–H groups in total. The Labute approximate surface area is 136 Å². The van der Waals surface area contributed by atoms with Gasteiger partial charge in [0, 0.05) is 30.3 Å². The molecule has 2 amide bonds. The molecule has 0 spiro atoms. The topological polar surface area (TPSA) is 40.6 Å². The molecule has 3 rings (SSSR count). The van der Waals surface area contributed by atoms with E-state index < -0.39 is 5.92 Å². The summed E-state index contributed by atoms with van der Waals surface area (Å²) >= 11 is 5.89. The molecule has 118 valence electrons. The lowest BCUT2D eigenvalue weighted by Gasteiger charge is -2.23. The summed E-state index contributed by atoms with van der Waals surface area (Å²) in [7, 11) is 0. The number of likely N-dealkylation sites (tertiary alicyclic amines) is 1. The summed E-state index contributed by atoms with van der Waals surface area (Å²) < 4.78 is 0. The molecule has 1 unspecified atom stereocenters. The van der Waals surface area contributed by atoms with Crippen LogP contribution in [-0.2, 0) is 9.59 Å². The van der Waals surface area contributed by atoms with Crippen molar-refractivity contribution >= 4 is 29.1 Å². The van der Waals surface area contributed by atoms with Crippen LogP contribution in [0.25, 0.3) is 0 Å². The molecular formula is C17H21ClN2O2. The number of carbonyl (C=O) groups is 2. The van der Waals surface area contributed by atoms with Gasteiger partial charge in [-0.2, -0.15) is 0 Å². The zero-order valence-electron chi connectivity index (χ0n) is 12.6. The first-order valence-corrected chi connectivity index (χ1v) is 8.40. The highest BCUT2D eigenvalue weighted by molar-refractivity contribution is 6.30. The summed E-state index contributed by atoms with van der Waals surface area (Å²) in [5, 5.41) is 0.646. The lowest BCUT2D eigenvalue weighted by molar-refractivity contribution is -0.139. The average molecular weight is 321 g/mol. The van der Waals surface area contributed by atoms with Gasteiger partial charge >= 0.3 is 0 Å². The van der Waals surface area contributed by atoms with E-state index in [4.69, 9.17) is 11.6 Å². The van der Waals surface area contributed by atoms with Gasteiger partial charge in [0.25, 0.3) is 0 Å². The average Bonchev–Trinajstić information content (AvgIpc) is 2.75. The summed E-state index contributed by atoms with van der Waals surface area (Å²) in [6.45, 7) is 2.19. The number of amides is 2. The minimum absolute atomic E-state index is 0.0170. The Morgan fingerprint density at radius 3 is 2.27 bits per heavy atom. The predicted octanol–water partition coefficient (Wildman–Crippen LogP) is 3.10. The van der Waals surface area contributed by atoms with Crippen molar-refractivity contribution in [3.05, 3.63) is 29.3 Å². The number of halogens is 1. The minimum Gasteiger partial charge on any atom is -0.342 e. The maximum Gasteiger partial charge on any atom is 0.239 e. The van der Waals surface area contributed by atoms with E-state index in [1.165, 1.54) is 12.8 Å². The fraction of sp³-hybridized carbons (Fsp3) is 0.529. The van der Waals surface area contributed by atoms with Crippen molar-refractivity contribution < 1.29 is 9.59 Å². The van der Waals surface area contributed by atoms with Gasteiger partial charge in [0.1, 0.15) is 5.92 Å².